The van der Waals surface area contributed by atoms with Gasteiger partial charge in [-0.25, -0.2) is 5.21 Å². The maximum atomic E-state index is 12.6. The molecule has 12 heavy (non-hydrogen) atoms. The van der Waals surface area contributed by atoms with Gasteiger partial charge in [-0.1, -0.05) is 0 Å². The Morgan fingerprint density at radius 1 is 1.58 bits per heavy atom. The fraction of sp³-hybridized carbons (Fsp3) is 0. The van der Waals surface area contributed by atoms with Crippen LogP contribution in [0.1, 0.15) is 0 Å². The van der Waals surface area contributed by atoms with Crippen molar-refractivity contribution >= 4 is 11.4 Å². The predicted molar refractivity (Wildman–Crippen MR) is 36.2 cm³/mol. The number of diazo groups is 1. The minimum Gasteiger partial charge on any atom is -0.241 e. The Bertz CT molecular complexity index is 372. The minimum atomic E-state index is -0.889. The topological polar surface area (TPSA) is 68.5 Å². The SMILES string of the molecule is N#[N+]c1ccc(F)c([N+](=O)O)c1. The molecule has 0 spiro atoms. The predicted octanol–water partition coefficient (Wildman–Crippen LogP) is 2.11. The molecule has 0 fully saturated rings. The summed E-state index contributed by atoms with van der Waals surface area (Å²) < 4.78 is 12.6. The van der Waals surface area contributed by atoms with Gasteiger partial charge in [0, 0.05) is 6.07 Å². The van der Waals surface area contributed by atoms with Crippen LogP contribution >= 0.6 is 0 Å². The minimum absolute atomic E-state index is 0.0127. The van der Waals surface area contributed by atoms with Crippen molar-refractivity contribution in [2.75, 3.05) is 0 Å². The van der Waals surface area contributed by atoms with E-state index < -0.39 is 16.4 Å². The molecule has 0 heterocycles. The fourth-order valence-electron chi connectivity index (χ4n) is 0.710. The normalized spacial score (nSPS) is 9.00. The zero-order chi connectivity index (χ0) is 9.14. The number of hydrogen-bond acceptors (Lipinski definition) is 2. The van der Waals surface area contributed by atoms with Gasteiger partial charge in [0.25, 0.3) is 4.92 Å². The lowest BCUT2D eigenvalue weighted by molar-refractivity contribution is -0.730. The van der Waals surface area contributed by atoms with E-state index in [-0.39, 0.29) is 5.69 Å². The van der Waals surface area contributed by atoms with Crippen molar-refractivity contribution in [2.24, 2.45) is 0 Å². The third-order valence-electron chi connectivity index (χ3n) is 1.25. The second-order valence-corrected chi connectivity index (χ2v) is 2.01. The van der Waals surface area contributed by atoms with Crippen molar-refractivity contribution in [3.05, 3.63) is 33.9 Å². The molecule has 6 heteroatoms. The van der Waals surface area contributed by atoms with Crippen molar-refractivity contribution < 1.29 is 14.5 Å². The Balaban J connectivity index is 3.28. The molecule has 1 rings (SSSR count). The van der Waals surface area contributed by atoms with E-state index >= 15 is 0 Å². The summed E-state index contributed by atoms with van der Waals surface area (Å²) in [7, 11) is 0. The van der Waals surface area contributed by atoms with Gasteiger partial charge in [0.15, 0.2) is 4.98 Å². The van der Waals surface area contributed by atoms with Crippen molar-refractivity contribution in [3.8, 4) is 0 Å². The second kappa shape index (κ2) is 2.92. The molecule has 0 bridgehead atoms. The van der Waals surface area contributed by atoms with Crippen LogP contribution in [-0.2, 0) is 0 Å². The highest BCUT2D eigenvalue weighted by Crippen LogP contribution is 2.22. The van der Waals surface area contributed by atoms with Gasteiger partial charge in [-0.05, 0) is 6.07 Å². The van der Waals surface area contributed by atoms with E-state index in [4.69, 9.17) is 10.6 Å². The smallest absolute Gasteiger partial charge is 0.241 e. The van der Waals surface area contributed by atoms with Gasteiger partial charge in [-0.15, -0.1) is 0 Å². The first-order valence-electron chi connectivity index (χ1n) is 2.96. The largest absolute Gasteiger partial charge is 0.392 e. The monoisotopic (exact) mass is 169 g/mol. The summed E-state index contributed by atoms with van der Waals surface area (Å²) in [6, 6.07) is 2.97. The summed E-state index contributed by atoms with van der Waals surface area (Å²) in [6.07, 6.45) is 0. The van der Waals surface area contributed by atoms with Crippen LogP contribution in [0.5, 0.6) is 0 Å². The lowest BCUT2D eigenvalue weighted by Crippen LogP contribution is -1.94. The molecular weight excluding hydrogens is 165 g/mol. The van der Waals surface area contributed by atoms with Crippen molar-refractivity contribution in [2.45, 2.75) is 0 Å². The van der Waals surface area contributed by atoms with E-state index in [1.54, 1.807) is 0 Å². The maximum absolute atomic E-state index is 12.6. The number of nitrogens with zero attached hydrogens (tertiary/aromatic N) is 3. The third kappa shape index (κ3) is 1.34. The van der Waals surface area contributed by atoms with Crippen molar-refractivity contribution in [1.82, 2.24) is 0 Å². The van der Waals surface area contributed by atoms with Crippen LogP contribution < -0.4 is 0 Å². The quantitative estimate of drug-likeness (QED) is 0.517. The molecule has 0 atom stereocenters. The molecule has 0 unspecified atom stereocenters. The van der Waals surface area contributed by atoms with Crippen LogP contribution in [0.25, 0.3) is 4.98 Å². The van der Waals surface area contributed by atoms with Crippen molar-refractivity contribution in [3.63, 3.8) is 0 Å². The van der Waals surface area contributed by atoms with Gasteiger partial charge >= 0.3 is 11.4 Å². The average Bonchev–Trinajstić information content (AvgIpc) is 2.05. The summed E-state index contributed by atoms with van der Waals surface area (Å²) in [5.41, 5.74) is -0.605. The molecule has 0 aromatic heterocycles. The highest BCUT2D eigenvalue weighted by atomic mass is 19.1. The summed E-state index contributed by atoms with van der Waals surface area (Å²) in [4.78, 5) is 12.3. The molecule has 1 aromatic rings. The molecule has 60 valence electrons. The summed E-state index contributed by atoms with van der Waals surface area (Å²) in [6.45, 7) is 0. The van der Waals surface area contributed by atoms with Crippen LogP contribution in [0.2, 0.25) is 0 Å². The third-order valence-corrected chi connectivity index (χ3v) is 1.25. The molecule has 1 aromatic carbocycles. The zero-order valence-electron chi connectivity index (χ0n) is 5.81. The van der Waals surface area contributed by atoms with Crippen LogP contribution in [0.15, 0.2) is 18.2 Å². The van der Waals surface area contributed by atoms with Gasteiger partial charge in [0.2, 0.25) is 11.2 Å². The average molecular weight is 169 g/mol. The first-order valence-corrected chi connectivity index (χ1v) is 2.96. The molecule has 0 saturated carbocycles. The van der Waals surface area contributed by atoms with E-state index in [9.17, 15) is 9.30 Å². The summed E-state index contributed by atoms with van der Waals surface area (Å²) in [5.74, 6) is -0.889. The van der Waals surface area contributed by atoms with Gasteiger partial charge in [-0.2, -0.15) is 4.39 Å². The van der Waals surface area contributed by atoms with Crippen LogP contribution in [-0.4, -0.2) is 10.1 Å². The van der Waals surface area contributed by atoms with Crippen LogP contribution in [0.3, 0.4) is 0 Å². The number of rotatable bonds is 1. The Hall–Kier alpha value is -2.03. The molecule has 0 aliphatic carbocycles. The van der Waals surface area contributed by atoms with E-state index in [2.05, 4.69) is 4.98 Å². The van der Waals surface area contributed by atoms with Crippen LogP contribution in [0, 0.1) is 16.1 Å². The van der Waals surface area contributed by atoms with Crippen molar-refractivity contribution in [1.29, 1.82) is 5.39 Å². The summed E-state index contributed by atoms with van der Waals surface area (Å²) >= 11 is 0. The molecule has 0 amide bonds. The molecule has 0 radical (unpaired) electrons. The van der Waals surface area contributed by atoms with Gasteiger partial charge in [-0.3, -0.25) is 0 Å². The molecule has 5 nitrogen and oxygen atoms in total. The Labute approximate surface area is 66.2 Å². The zero-order valence-corrected chi connectivity index (χ0v) is 5.81. The molecule has 1 N–H and O–H groups in total. The Morgan fingerprint density at radius 3 is 2.75 bits per heavy atom. The Kier molecular flexibility index (Phi) is 1.96. The molecule has 0 saturated heterocycles. The number of hydrogen-bond donors (Lipinski definition) is 1. The van der Waals surface area contributed by atoms with E-state index in [0.29, 0.717) is 0 Å². The van der Waals surface area contributed by atoms with E-state index in [0.717, 1.165) is 18.2 Å². The molecular formula is C6H4FN3O2+2. The fourth-order valence-corrected chi connectivity index (χ4v) is 0.710. The second-order valence-electron chi connectivity index (χ2n) is 2.01. The highest BCUT2D eigenvalue weighted by Gasteiger charge is 2.23. The first kappa shape index (κ1) is 8.07. The van der Waals surface area contributed by atoms with Gasteiger partial charge < -0.3 is 0 Å². The van der Waals surface area contributed by atoms with E-state index in [1.165, 1.54) is 0 Å². The lowest BCUT2D eigenvalue weighted by atomic mass is 10.3. The summed E-state index contributed by atoms with van der Waals surface area (Å²) in [5, 5.41) is 16.6. The molecule has 0 aliphatic rings. The number of benzene rings is 1. The molecule has 0 aliphatic heterocycles. The lowest BCUT2D eigenvalue weighted by Gasteiger charge is -1.83. The first-order chi connectivity index (χ1) is 5.65. The van der Waals surface area contributed by atoms with Crippen LogP contribution in [0.4, 0.5) is 15.8 Å². The standard InChI is InChI=1S/C6H4FN3O2/c7-5-2-1-4(9-8)3-6(5)10(11)12/h1-3H,(H,11,12)/q+2. The Morgan fingerprint density at radius 2 is 2.25 bits per heavy atom. The maximum Gasteiger partial charge on any atom is 0.392 e. The number of halogens is 1. The highest BCUT2D eigenvalue weighted by molar-refractivity contribution is 5.51. The van der Waals surface area contributed by atoms with Gasteiger partial charge in [0.05, 0.1) is 4.91 Å². The van der Waals surface area contributed by atoms with E-state index in [1.807, 2.05) is 0 Å². The van der Waals surface area contributed by atoms with Gasteiger partial charge in [0.1, 0.15) is 6.07 Å².